The fourth-order valence-electron chi connectivity index (χ4n) is 9.05. The third kappa shape index (κ3) is 57.9. The quantitative estimate of drug-likeness (QED) is 0.0197. The minimum atomic E-state index is -4.53. The number of quaternary nitrogens is 1. The molecule has 0 aromatic rings. The molecule has 0 aromatic heterocycles. The van der Waals surface area contributed by atoms with Crippen molar-refractivity contribution in [2.75, 3.05) is 54.1 Å². The highest BCUT2D eigenvalue weighted by molar-refractivity contribution is 7.45. The lowest BCUT2D eigenvalue weighted by atomic mass is 10.0. The molecule has 2 atom stereocenters. The molecule has 0 radical (unpaired) electrons. The van der Waals surface area contributed by atoms with Crippen LogP contribution in [-0.2, 0) is 27.9 Å². The lowest BCUT2D eigenvalue weighted by Crippen LogP contribution is -2.37. The second kappa shape index (κ2) is 54.2. The molecule has 70 heavy (non-hydrogen) atoms. The van der Waals surface area contributed by atoms with Crippen molar-refractivity contribution in [2.45, 2.75) is 309 Å². The van der Waals surface area contributed by atoms with E-state index in [9.17, 15) is 14.3 Å². The number of hydrogen-bond acceptors (Lipinski definition) is 7. The molecule has 416 valence electrons. The number of allylic oxidation sites excluding steroid dienone is 4. The average molecular weight is 1010 g/mol. The number of rotatable bonds is 58. The Bertz CT molecular complexity index is 1170. The zero-order valence-corrected chi connectivity index (χ0v) is 48.4. The number of nitrogens with zero attached hydrogens (tertiary/aromatic N) is 1. The summed E-state index contributed by atoms with van der Waals surface area (Å²) in [4.78, 5) is 25.3. The first-order chi connectivity index (χ1) is 34.1. The molecule has 8 nitrogen and oxygen atoms in total. The lowest BCUT2D eigenvalue weighted by molar-refractivity contribution is -0.870. The van der Waals surface area contributed by atoms with Gasteiger partial charge in [0.1, 0.15) is 19.3 Å². The smallest absolute Gasteiger partial charge is 0.306 e. The van der Waals surface area contributed by atoms with E-state index in [1.54, 1.807) is 0 Å². The zero-order valence-electron chi connectivity index (χ0n) is 47.5. The van der Waals surface area contributed by atoms with E-state index in [2.05, 4.69) is 38.2 Å². The van der Waals surface area contributed by atoms with Gasteiger partial charge >= 0.3 is 5.97 Å². The fourth-order valence-corrected chi connectivity index (χ4v) is 9.78. The molecule has 0 rings (SSSR count). The summed E-state index contributed by atoms with van der Waals surface area (Å²) >= 11 is 0. The fraction of sp³-hybridized carbons (Fsp3) is 0.918. The zero-order chi connectivity index (χ0) is 51.2. The van der Waals surface area contributed by atoms with Gasteiger partial charge < -0.3 is 27.9 Å². The molecule has 0 aliphatic heterocycles. The summed E-state index contributed by atoms with van der Waals surface area (Å²) in [5.41, 5.74) is 0. The van der Waals surface area contributed by atoms with Crippen molar-refractivity contribution in [3.05, 3.63) is 24.3 Å². The van der Waals surface area contributed by atoms with Gasteiger partial charge in [-0.2, -0.15) is 0 Å². The maximum Gasteiger partial charge on any atom is 0.306 e. The first-order valence-electron chi connectivity index (χ1n) is 30.6. The third-order valence-electron chi connectivity index (χ3n) is 13.8. The van der Waals surface area contributed by atoms with E-state index < -0.39 is 13.9 Å². The molecule has 0 bridgehead atoms. The summed E-state index contributed by atoms with van der Waals surface area (Å²) in [5.74, 6) is -0.326. The standard InChI is InChI=1S/C61H120NO7P/c1-6-8-10-12-14-16-18-20-22-24-26-28-30-32-34-36-38-40-42-44-46-48-50-52-54-61(63)69-60(59-68-70(64,65)67-57-55-62(3,4)5)58-66-56-53-51-49-47-45-43-41-39-37-35-33-31-29-27-25-23-21-19-17-15-13-11-9-7-2/h19,21,25,27,60H,6-18,20,22-24,26,28-59H2,1-5H3/b21-19-,27-25-. The Morgan fingerprint density at radius 2 is 0.786 bits per heavy atom. The molecule has 0 saturated heterocycles. The van der Waals surface area contributed by atoms with Gasteiger partial charge in [-0.1, -0.05) is 276 Å². The third-order valence-corrected chi connectivity index (χ3v) is 14.7. The molecular weight excluding hydrogens is 890 g/mol. The Morgan fingerprint density at radius 1 is 0.443 bits per heavy atom. The number of carbonyl (C=O) groups is 1. The van der Waals surface area contributed by atoms with Crippen molar-refractivity contribution < 1.29 is 37.3 Å². The molecule has 0 aromatic carbocycles. The van der Waals surface area contributed by atoms with Gasteiger partial charge in [0, 0.05) is 13.0 Å². The maximum atomic E-state index is 12.8. The van der Waals surface area contributed by atoms with Crippen LogP contribution in [0.3, 0.4) is 0 Å². The van der Waals surface area contributed by atoms with E-state index in [1.165, 1.54) is 244 Å². The van der Waals surface area contributed by atoms with Crippen molar-refractivity contribution in [3.8, 4) is 0 Å². The van der Waals surface area contributed by atoms with Crippen LogP contribution in [0.1, 0.15) is 303 Å². The first-order valence-corrected chi connectivity index (χ1v) is 32.0. The van der Waals surface area contributed by atoms with E-state index in [-0.39, 0.29) is 25.8 Å². The number of likely N-dealkylation sites (N-methyl/N-ethyl adjacent to an activating group) is 1. The number of phosphoric acid groups is 1. The van der Waals surface area contributed by atoms with Gasteiger partial charge in [-0.3, -0.25) is 9.36 Å². The molecule has 0 saturated carbocycles. The number of ether oxygens (including phenoxy) is 2. The van der Waals surface area contributed by atoms with Crippen LogP contribution in [0, 0.1) is 0 Å². The predicted molar refractivity (Wildman–Crippen MR) is 301 cm³/mol. The molecule has 0 heterocycles. The van der Waals surface area contributed by atoms with Gasteiger partial charge in [0.25, 0.3) is 7.82 Å². The number of hydrogen-bond donors (Lipinski definition) is 0. The minimum absolute atomic E-state index is 0.0289. The van der Waals surface area contributed by atoms with Crippen molar-refractivity contribution in [1.82, 2.24) is 0 Å². The maximum absolute atomic E-state index is 12.8. The monoisotopic (exact) mass is 1010 g/mol. The van der Waals surface area contributed by atoms with Crippen molar-refractivity contribution in [2.24, 2.45) is 0 Å². The SMILES string of the molecule is CCCCCCC/C=C\C/C=C\CCCCCCCCCCCCCCOCC(COP(=O)([O-])OCC[N+](C)(C)C)OC(=O)CCCCCCCCCCCCCCCCCCCCCCCCCC. The van der Waals surface area contributed by atoms with Gasteiger partial charge in [-0.25, -0.2) is 0 Å². The minimum Gasteiger partial charge on any atom is -0.756 e. The van der Waals surface area contributed by atoms with Crippen LogP contribution in [0.5, 0.6) is 0 Å². The van der Waals surface area contributed by atoms with Crippen LogP contribution in [0.25, 0.3) is 0 Å². The number of phosphoric ester groups is 1. The summed E-state index contributed by atoms with van der Waals surface area (Å²) < 4.78 is 34.9. The van der Waals surface area contributed by atoms with Crippen LogP contribution in [-0.4, -0.2) is 70.7 Å². The topological polar surface area (TPSA) is 94.1 Å². The van der Waals surface area contributed by atoms with Gasteiger partial charge in [0.2, 0.25) is 0 Å². The molecular formula is C61H120NO7P. The molecule has 0 N–H and O–H groups in total. The van der Waals surface area contributed by atoms with Gasteiger partial charge in [0.05, 0.1) is 34.4 Å². The lowest BCUT2D eigenvalue weighted by Gasteiger charge is -2.28. The van der Waals surface area contributed by atoms with E-state index in [4.69, 9.17) is 18.5 Å². The molecule has 0 aliphatic carbocycles. The normalized spacial score (nSPS) is 13.5. The van der Waals surface area contributed by atoms with Gasteiger partial charge in [-0.15, -0.1) is 0 Å². The Morgan fingerprint density at radius 3 is 1.16 bits per heavy atom. The second-order valence-electron chi connectivity index (χ2n) is 22.1. The molecule has 0 spiro atoms. The van der Waals surface area contributed by atoms with E-state index >= 15 is 0 Å². The first kappa shape index (κ1) is 69.0. The molecule has 0 amide bonds. The van der Waals surface area contributed by atoms with E-state index in [1.807, 2.05) is 21.1 Å². The van der Waals surface area contributed by atoms with Crippen molar-refractivity contribution in [3.63, 3.8) is 0 Å². The van der Waals surface area contributed by atoms with E-state index in [0.717, 1.165) is 38.5 Å². The average Bonchev–Trinajstić information content (AvgIpc) is 3.32. The van der Waals surface area contributed by atoms with E-state index in [0.29, 0.717) is 24.1 Å². The molecule has 9 heteroatoms. The molecule has 0 aliphatic rings. The number of carbonyl (C=O) groups excluding carboxylic acids is 1. The number of esters is 1. The Kier molecular flexibility index (Phi) is 53.5. The van der Waals surface area contributed by atoms with Crippen LogP contribution >= 0.6 is 7.82 Å². The van der Waals surface area contributed by atoms with Crippen molar-refractivity contribution >= 4 is 13.8 Å². The highest BCUT2D eigenvalue weighted by Gasteiger charge is 2.20. The predicted octanol–water partition coefficient (Wildman–Crippen LogP) is 18.8. The van der Waals surface area contributed by atoms with Gasteiger partial charge in [-0.05, 0) is 44.9 Å². The highest BCUT2D eigenvalue weighted by Crippen LogP contribution is 2.38. The summed E-state index contributed by atoms with van der Waals surface area (Å²) in [7, 11) is 1.37. The molecule has 0 fully saturated rings. The summed E-state index contributed by atoms with van der Waals surface area (Å²) in [6.07, 6.45) is 66.6. The number of unbranched alkanes of at least 4 members (excludes halogenated alkanes) is 40. The summed E-state index contributed by atoms with van der Waals surface area (Å²) in [6.45, 7) is 5.47. The Balaban J connectivity index is 4.01. The largest absolute Gasteiger partial charge is 0.756 e. The van der Waals surface area contributed by atoms with Gasteiger partial charge in [0.15, 0.2) is 0 Å². The second-order valence-corrected chi connectivity index (χ2v) is 23.5. The van der Waals surface area contributed by atoms with Crippen LogP contribution in [0.2, 0.25) is 0 Å². The Labute approximate surface area is 436 Å². The van der Waals surface area contributed by atoms with Crippen molar-refractivity contribution in [1.29, 1.82) is 0 Å². The van der Waals surface area contributed by atoms with Crippen LogP contribution < -0.4 is 4.89 Å². The van der Waals surface area contributed by atoms with Crippen LogP contribution in [0.4, 0.5) is 0 Å². The summed E-state index contributed by atoms with van der Waals surface area (Å²) in [5, 5.41) is 0. The van der Waals surface area contributed by atoms with Crippen LogP contribution in [0.15, 0.2) is 24.3 Å². The Hall–Kier alpha value is -1.02. The highest BCUT2D eigenvalue weighted by atomic mass is 31.2. The molecule has 2 unspecified atom stereocenters. The summed E-state index contributed by atoms with van der Waals surface area (Å²) in [6, 6.07) is 0.